The van der Waals surface area contributed by atoms with E-state index in [1.807, 2.05) is 0 Å². The number of aromatic nitrogens is 2. The molecule has 1 aliphatic rings. The molecule has 1 saturated heterocycles. The quantitative estimate of drug-likeness (QED) is 0.774. The van der Waals surface area contributed by atoms with Crippen molar-refractivity contribution in [2.75, 3.05) is 12.3 Å². The fourth-order valence-electron chi connectivity index (χ4n) is 1.71. The average molecular weight is 231 g/mol. The molecule has 0 saturated carbocycles. The van der Waals surface area contributed by atoms with Gasteiger partial charge in [-0.1, -0.05) is 5.16 Å². The van der Waals surface area contributed by atoms with Crippen molar-refractivity contribution in [3.63, 3.8) is 0 Å². The van der Waals surface area contributed by atoms with Crippen LogP contribution in [0.1, 0.15) is 29.8 Å². The van der Waals surface area contributed by atoms with Crippen LogP contribution in [-0.2, 0) is 16.3 Å². The molecule has 0 amide bonds. The van der Waals surface area contributed by atoms with Crippen LogP contribution in [0.2, 0.25) is 0 Å². The Balaban J connectivity index is 2.22. The number of hydrogen-bond acceptors (Lipinski definition) is 6. The van der Waals surface area contributed by atoms with E-state index in [9.17, 15) is 8.42 Å². The molecule has 1 aromatic heterocycles. The Kier molecular flexibility index (Phi) is 2.74. The fraction of sp³-hybridized carbons (Fsp3) is 0.750. The highest BCUT2D eigenvalue weighted by atomic mass is 32.2. The van der Waals surface area contributed by atoms with Gasteiger partial charge in [-0.05, 0) is 12.8 Å². The van der Waals surface area contributed by atoms with Gasteiger partial charge in [-0.25, -0.2) is 8.42 Å². The predicted octanol–water partition coefficient (Wildman–Crippen LogP) is -0.179. The van der Waals surface area contributed by atoms with Crippen molar-refractivity contribution in [3.05, 3.63) is 11.7 Å². The van der Waals surface area contributed by atoms with Crippen molar-refractivity contribution in [2.24, 2.45) is 5.73 Å². The van der Waals surface area contributed by atoms with Crippen LogP contribution in [0, 0.1) is 0 Å². The molecule has 0 radical (unpaired) electrons. The van der Waals surface area contributed by atoms with Gasteiger partial charge in [0, 0.05) is 13.0 Å². The molecule has 2 N–H and O–H groups in total. The summed E-state index contributed by atoms with van der Waals surface area (Å²) in [5, 5.41) is 3.12. The zero-order valence-electron chi connectivity index (χ0n) is 8.22. The number of sulfone groups is 1. The maximum Gasteiger partial charge on any atom is 0.227 e. The van der Waals surface area contributed by atoms with E-state index in [0.29, 0.717) is 31.7 Å². The molecule has 0 aromatic carbocycles. The van der Waals surface area contributed by atoms with Crippen LogP contribution in [0.25, 0.3) is 0 Å². The van der Waals surface area contributed by atoms with Gasteiger partial charge in [-0.3, -0.25) is 0 Å². The lowest BCUT2D eigenvalue weighted by molar-refractivity contribution is 0.373. The Hall–Kier alpha value is -0.950. The lowest BCUT2D eigenvalue weighted by Crippen LogP contribution is -2.09. The topological polar surface area (TPSA) is 99.1 Å². The van der Waals surface area contributed by atoms with Crippen molar-refractivity contribution < 1.29 is 12.9 Å². The van der Waals surface area contributed by atoms with Gasteiger partial charge < -0.3 is 10.3 Å². The zero-order valence-corrected chi connectivity index (χ0v) is 9.03. The van der Waals surface area contributed by atoms with E-state index in [-0.39, 0.29) is 11.6 Å². The molecule has 1 atom stereocenters. The summed E-state index contributed by atoms with van der Waals surface area (Å²) in [5.74, 6) is 0.920. The Labute approximate surface area is 87.8 Å². The first-order chi connectivity index (χ1) is 7.13. The summed E-state index contributed by atoms with van der Waals surface area (Å²) < 4.78 is 28.1. The second kappa shape index (κ2) is 3.90. The van der Waals surface area contributed by atoms with Crippen LogP contribution in [0.4, 0.5) is 0 Å². The second-order valence-electron chi connectivity index (χ2n) is 3.58. The third kappa shape index (κ3) is 2.03. The predicted molar refractivity (Wildman–Crippen MR) is 52.8 cm³/mol. The molecule has 1 fully saturated rings. The molecule has 6 nitrogen and oxygen atoms in total. The number of nitrogens with zero attached hydrogens (tertiary/aromatic N) is 2. The molecule has 2 heterocycles. The van der Waals surface area contributed by atoms with Crippen molar-refractivity contribution in [3.8, 4) is 0 Å². The summed E-state index contributed by atoms with van der Waals surface area (Å²) in [7, 11) is -3.06. The molecule has 1 aliphatic heterocycles. The van der Waals surface area contributed by atoms with E-state index in [2.05, 4.69) is 10.1 Å². The van der Waals surface area contributed by atoms with Crippen LogP contribution < -0.4 is 5.73 Å². The zero-order chi connectivity index (χ0) is 10.9. The van der Waals surface area contributed by atoms with Crippen molar-refractivity contribution >= 4 is 9.84 Å². The molecule has 7 heteroatoms. The third-order valence-corrected chi connectivity index (χ3v) is 4.63. The van der Waals surface area contributed by atoms with Crippen molar-refractivity contribution in [1.82, 2.24) is 10.1 Å². The monoisotopic (exact) mass is 231 g/mol. The minimum Gasteiger partial charge on any atom is -0.339 e. The maximum atomic E-state index is 11.6. The van der Waals surface area contributed by atoms with Gasteiger partial charge in [0.1, 0.15) is 5.25 Å². The molecule has 0 bridgehead atoms. The van der Waals surface area contributed by atoms with Gasteiger partial charge in [-0.15, -0.1) is 0 Å². The van der Waals surface area contributed by atoms with Gasteiger partial charge in [0.05, 0.1) is 5.75 Å². The first-order valence-corrected chi connectivity index (χ1v) is 6.59. The largest absolute Gasteiger partial charge is 0.339 e. The summed E-state index contributed by atoms with van der Waals surface area (Å²) in [4.78, 5) is 4.04. The highest BCUT2D eigenvalue weighted by Crippen LogP contribution is 2.32. The van der Waals surface area contributed by atoms with Crippen LogP contribution in [0.3, 0.4) is 0 Å². The lowest BCUT2D eigenvalue weighted by Gasteiger charge is -2.01. The highest BCUT2D eigenvalue weighted by Gasteiger charge is 2.36. The lowest BCUT2D eigenvalue weighted by atomic mass is 10.2. The molecule has 15 heavy (non-hydrogen) atoms. The Bertz CT molecular complexity index is 440. The number of rotatable bonds is 3. The summed E-state index contributed by atoms with van der Waals surface area (Å²) in [6.07, 6.45) is 1.75. The first-order valence-electron chi connectivity index (χ1n) is 4.87. The maximum absolute atomic E-state index is 11.6. The van der Waals surface area contributed by atoms with E-state index in [0.717, 1.165) is 0 Å². The SMILES string of the molecule is NCCc1nc(C2CCCS2(=O)=O)no1. The summed E-state index contributed by atoms with van der Waals surface area (Å²) in [5.41, 5.74) is 5.33. The highest BCUT2D eigenvalue weighted by molar-refractivity contribution is 7.91. The molecule has 84 valence electrons. The molecular weight excluding hydrogens is 218 g/mol. The van der Waals surface area contributed by atoms with E-state index < -0.39 is 15.1 Å². The van der Waals surface area contributed by atoms with Crippen molar-refractivity contribution in [2.45, 2.75) is 24.5 Å². The van der Waals surface area contributed by atoms with E-state index >= 15 is 0 Å². The number of nitrogens with two attached hydrogens (primary N) is 1. The van der Waals surface area contributed by atoms with Gasteiger partial charge in [0.2, 0.25) is 5.89 Å². The van der Waals surface area contributed by atoms with Gasteiger partial charge in [0.25, 0.3) is 0 Å². The fourth-order valence-corrected chi connectivity index (χ4v) is 3.50. The normalized spacial score (nSPS) is 24.5. The molecular formula is C8H13N3O3S. The van der Waals surface area contributed by atoms with E-state index in [4.69, 9.17) is 10.3 Å². The smallest absolute Gasteiger partial charge is 0.227 e. The van der Waals surface area contributed by atoms with Crippen LogP contribution in [0.5, 0.6) is 0 Å². The van der Waals surface area contributed by atoms with Crippen LogP contribution in [-0.4, -0.2) is 30.9 Å². The standard InChI is InChI=1S/C8H13N3O3S/c9-4-3-7-10-8(11-14-7)6-2-1-5-15(6,12)13/h6H,1-5,9H2. The molecule has 2 rings (SSSR count). The number of hydrogen-bond donors (Lipinski definition) is 1. The Morgan fingerprint density at radius 3 is 2.93 bits per heavy atom. The van der Waals surface area contributed by atoms with Gasteiger partial charge >= 0.3 is 0 Å². The summed E-state index contributed by atoms with van der Waals surface area (Å²) >= 11 is 0. The molecule has 1 aromatic rings. The molecule has 0 spiro atoms. The Morgan fingerprint density at radius 1 is 1.53 bits per heavy atom. The molecule has 1 unspecified atom stereocenters. The second-order valence-corrected chi connectivity index (χ2v) is 5.89. The minimum atomic E-state index is -3.06. The average Bonchev–Trinajstić information content (AvgIpc) is 2.72. The Morgan fingerprint density at radius 2 is 2.33 bits per heavy atom. The molecule has 0 aliphatic carbocycles. The summed E-state index contributed by atoms with van der Waals surface area (Å²) in [6.45, 7) is 0.416. The summed E-state index contributed by atoms with van der Waals surface area (Å²) in [6, 6.07) is 0. The van der Waals surface area contributed by atoms with E-state index in [1.165, 1.54) is 0 Å². The van der Waals surface area contributed by atoms with Crippen LogP contribution >= 0.6 is 0 Å². The van der Waals surface area contributed by atoms with E-state index in [1.54, 1.807) is 0 Å². The van der Waals surface area contributed by atoms with Crippen molar-refractivity contribution in [1.29, 1.82) is 0 Å². The first kappa shape index (κ1) is 10.6. The third-order valence-electron chi connectivity index (χ3n) is 2.46. The van der Waals surface area contributed by atoms with Crippen LogP contribution in [0.15, 0.2) is 4.52 Å². The van der Waals surface area contributed by atoms with Gasteiger partial charge in [0.15, 0.2) is 15.7 Å². The minimum absolute atomic E-state index is 0.221. The van der Waals surface area contributed by atoms with Gasteiger partial charge in [-0.2, -0.15) is 4.98 Å².